The van der Waals surface area contributed by atoms with E-state index in [-0.39, 0.29) is 12.1 Å². The number of anilines is 1. The van der Waals surface area contributed by atoms with Crippen LogP contribution in [0.15, 0.2) is 30.3 Å². The van der Waals surface area contributed by atoms with E-state index < -0.39 is 0 Å². The Balaban J connectivity index is 1.27. The summed E-state index contributed by atoms with van der Waals surface area (Å²) in [5, 5.41) is 5.83. The number of hydrogen-bond acceptors (Lipinski definition) is 4. The standard InChI is InChI=1S/C18H28N4O2/c23-18(20-15-17-7-4-14-24-17)19-8-9-21-10-12-22(13-11-21)16-5-2-1-3-6-16/h1-3,5-6,17H,4,7-15H2,(H2,19,20,23). The highest BCUT2D eigenvalue weighted by Gasteiger charge is 2.18. The van der Waals surface area contributed by atoms with Gasteiger partial charge in [0.2, 0.25) is 0 Å². The van der Waals surface area contributed by atoms with Gasteiger partial charge in [0.25, 0.3) is 0 Å². The number of benzene rings is 1. The zero-order valence-corrected chi connectivity index (χ0v) is 14.2. The van der Waals surface area contributed by atoms with Crippen LogP contribution in [0.25, 0.3) is 0 Å². The van der Waals surface area contributed by atoms with E-state index in [0.29, 0.717) is 13.1 Å². The van der Waals surface area contributed by atoms with Gasteiger partial charge in [-0.1, -0.05) is 18.2 Å². The molecule has 1 aromatic rings. The van der Waals surface area contributed by atoms with E-state index >= 15 is 0 Å². The summed E-state index contributed by atoms with van der Waals surface area (Å²) in [6, 6.07) is 10.5. The van der Waals surface area contributed by atoms with Crippen LogP contribution in [-0.2, 0) is 4.74 Å². The summed E-state index contributed by atoms with van der Waals surface area (Å²) in [6.45, 7) is 7.16. The Labute approximate surface area is 144 Å². The molecule has 0 aromatic heterocycles. The van der Waals surface area contributed by atoms with Crippen LogP contribution in [-0.4, -0.2) is 69.5 Å². The molecule has 0 spiro atoms. The van der Waals surface area contributed by atoms with Gasteiger partial charge in [-0.05, 0) is 25.0 Å². The van der Waals surface area contributed by atoms with Gasteiger partial charge in [0.05, 0.1) is 6.10 Å². The summed E-state index contributed by atoms with van der Waals surface area (Å²) in [4.78, 5) is 16.6. The molecule has 1 atom stereocenters. The van der Waals surface area contributed by atoms with Crippen molar-refractivity contribution in [3.8, 4) is 0 Å². The van der Waals surface area contributed by atoms with E-state index in [0.717, 1.165) is 52.2 Å². The first-order chi connectivity index (χ1) is 11.8. The average Bonchev–Trinajstić information content (AvgIpc) is 3.15. The van der Waals surface area contributed by atoms with Crippen LogP contribution in [0, 0.1) is 0 Å². The number of para-hydroxylation sites is 1. The molecule has 2 aliphatic rings. The Hall–Kier alpha value is -1.79. The molecule has 132 valence electrons. The zero-order valence-electron chi connectivity index (χ0n) is 14.2. The second-order valence-electron chi connectivity index (χ2n) is 6.44. The fourth-order valence-electron chi connectivity index (χ4n) is 3.27. The Bertz CT molecular complexity index is 497. The maximum absolute atomic E-state index is 11.8. The molecule has 2 saturated heterocycles. The fourth-order valence-corrected chi connectivity index (χ4v) is 3.27. The first-order valence-electron chi connectivity index (χ1n) is 8.97. The van der Waals surface area contributed by atoms with E-state index in [1.54, 1.807) is 0 Å². The highest BCUT2D eigenvalue weighted by molar-refractivity contribution is 5.73. The van der Waals surface area contributed by atoms with Crippen molar-refractivity contribution in [1.82, 2.24) is 15.5 Å². The molecular weight excluding hydrogens is 304 g/mol. The third-order valence-electron chi connectivity index (χ3n) is 4.72. The molecule has 2 fully saturated rings. The molecular formula is C18H28N4O2. The van der Waals surface area contributed by atoms with E-state index in [1.165, 1.54) is 5.69 Å². The van der Waals surface area contributed by atoms with Crippen LogP contribution in [0.5, 0.6) is 0 Å². The molecule has 1 aromatic carbocycles. The maximum atomic E-state index is 11.8. The molecule has 2 N–H and O–H groups in total. The Morgan fingerprint density at radius 1 is 1.12 bits per heavy atom. The second kappa shape index (κ2) is 8.89. The number of ether oxygens (including phenoxy) is 1. The SMILES string of the molecule is O=C(NCCN1CCN(c2ccccc2)CC1)NCC1CCCO1. The van der Waals surface area contributed by atoms with Gasteiger partial charge in [0, 0.05) is 58.1 Å². The number of carbonyl (C=O) groups excluding carboxylic acids is 1. The first kappa shape index (κ1) is 17.0. The average molecular weight is 332 g/mol. The quantitative estimate of drug-likeness (QED) is 0.824. The number of piperazine rings is 1. The predicted molar refractivity (Wildman–Crippen MR) is 95.5 cm³/mol. The molecule has 2 heterocycles. The van der Waals surface area contributed by atoms with Crippen LogP contribution in [0.3, 0.4) is 0 Å². The van der Waals surface area contributed by atoms with Gasteiger partial charge in [-0.15, -0.1) is 0 Å². The lowest BCUT2D eigenvalue weighted by atomic mass is 10.2. The molecule has 0 aliphatic carbocycles. The number of carbonyl (C=O) groups is 1. The van der Waals surface area contributed by atoms with Gasteiger partial charge in [-0.25, -0.2) is 4.79 Å². The molecule has 0 bridgehead atoms. The largest absolute Gasteiger partial charge is 0.376 e. The lowest BCUT2D eigenvalue weighted by molar-refractivity contribution is 0.111. The minimum absolute atomic E-state index is 0.0894. The van der Waals surface area contributed by atoms with Crippen LogP contribution < -0.4 is 15.5 Å². The van der Waals surface area contributed by atoms with Gasteiger partial charge in [-0.3, -0.25) is 4.90 Å². The summed E-state index contributed by atoms with van der Waals surface area (Å²) >= 11 is 0. The Morgan fingerprint density at radius 3 is 2.62 bits per heavy atom. The minimum atomic E-state index is -0.0894. The predicted octanol–water partition coefficient (Wildman–Crippen LogP) is 1.29. The first-order valence-corrected chi connectivity index (χ1v) is 8.97. The lowest BCUT2D eigenvalue weighted by Crippen LogP contribution is -2.49. The number of urea groups is 1. The van der Waals surface area contributed by atoms with Crippen molar-refractivity contribution in [3.63, 3.8) is 0 Å². The smallest absolute Gasteiger partial charge is 0.314 e. The Kier molecular flexibility index (Phi) is 6.32. The molecule has 6 heteroatoms. The van der Waals surface area contributed by atoms with Crippen molar-refractivity contribution in [2.45, 2.75) is 18.9 Å². The molecule has 2 amide bonds. The van der Waals surface area contributed by atoms with Gasteiger partial charge in [0.15, 0.2) is 0 Å². The summed E-state index contributed by atoms with van der Waals surface area (Å²) < 4.78 is 5.49. The number of nitrogens with zero attached hydrogens (tertiary/aromatic N) is 2. The van der Waals surface area contributed by atoms with E-state index in [1.807, 2.05) is 0 Å². The van der Waals surface area contributed by atoms with Gasteiger partial charge >= 0.3 is 6.03 Å². The maximum Gasteiger partial charge on any atom is 0.314 e. The summed E-state index contributed by atoms with van der Waals surface area (Å²) in [6.07, 6.45) is 2.34. The molecule has 3 rings (SSSR count). The summed E-state index contributed by atoms with van der Waals surface area (Å²) in [7, 11) is 0. The normalized spacial score (nSPS) is 21.7. The zero-order chi connectivity index (χ0) is 16.6. The van der Waals surface area contributed by atoms with Gasteiger partial charge in [-0.2, -0.15) is 0 Å². The van der Waals surface area contributed by atoms with Crippen molar-refractivity contribution in [2.24, 2.45) is 0 Å². The number of nitrogens with one attached hydrogen (secondary N) is 2. The van der Waals surface area contributed by atoms with Crippen LogP contribution in [0.4, 0.5) is 10.5 Å². The van der Waals surface area contributed by atoms with Crippen LogP contribution in [0.2, 0.25) is 0 Å². The van der Waals surface area contributed by atoms with Crippen LogP contribution >= 0.6 is 0 Å². The number of rotatable bonds is 6. The highest BCUT2D eigenvalue weighted by atomic mass is 16.5. The number of amides is 2. The summed E-state index contributed by atoms with van der Waals surface area (Å²) in [5.41, 5.74) is 1.30. The monoisotopic (exact) mass is 332 g/mol. The Morgan fingerprint density at radius 2 is 1.92 bits per heavy atom. The molecule has 6 nitrogen and oxygen atoms in total. The summed E-state index contributed by atoms with van der Waals surface area (Å²) in [5.74, 6) is 0. The lowest BCUT2D eigenvalue weighted by Gasteiger charge is -2.36. The molecule has 1 unspecified atom stereocenters. The third kappa shape index (κ3) is 5.11. The van der Waals surface area contributed by atoms with Crippen molar-refractivity contribution in [1.29, 1.82) is 0 Å². The van der Waals surface area contributed by atoms with Crippen molar-refractivity contribution < 1.29 is 9.53 Å². The van der Waals surface area contributed by atoms with E-state index in [2.05, 4.69) is 50.8 Å². The second-order valence-corrected chi connectivity index (χ2v) is 6.44. The highest BCUT2D eigenvalue weighted by Crippen LogP contribution is 2.15. The van der Waals surface area contributed by atoms with E-state index in [4.69, 9.17) is 4.74 Å². The number of hydrogen-bond donors (Lipinski definition) is 2. The van der Waals surface area contributed by atoms with Crippen molar-refractivity contribution in [3.05, 3.63) is 30.3 Å². The van der Waals surface area contributed by atoms with Crippen LogP contribution in [0.1, 0.15) is 12.8 Å². The van der Waals surface area contributed by atoms with E-state index in [9.17, 15) is 4.79 Å². The van der Waals surface area contributed by atoms with Gasteiger partial charge < -0.3 is 20.3 Å². The third-order valence-corrected chi connectivity index (χ3v) is 4.72. The molecule has 0 saturated carbocycles. The van der Waals surface area contributed by atoms with Gasteiger partial charge in [0.1, 0.15) is 0 Å². The molecule has 2 aliphatic heterocycles. The minimum Gasteiger partial charge on any atom is -0.376 e. The molecule has 0 radical (unpaired) electrons. The molecule has 24 heavy (non-hydrogen) atoms. The van der Waals surface area contributed by atoms with Crippen molar-refractivity contribution >= 4 is 11.7 Å². The fraction of sp³-hybridized carbons (Fsp3) is 0.611. The topological polar surface area (TPSA) is 56.8 Å². The van der Waals surface area contributed by atoms with Crippen molar-refractivity contribution in [2.75, 3.05) is 57.3 Å².